The summed E-state index contributed by atoms with van der Waals surface area (Å²) in [4.78, 5) is 11.8. The molecule has 4 nitrogen and oxygen atoms in total. The quantitative estimate of drug-likeness (QED) is 0.823. The second kappa shape index (κ2) is 6.96. The molecule has 3 N–H and O–H groups in total. The third kappa shape index (κ3) is 4.28. The molecule has 20 heavy (non-hydrogen) atoms. The minimum Gasteiger partial charge on any atom is -0.493 e. The Morgan fingerprint density at radius 1 is 1.20 bits per heavy atom. The standard InChI is InChI=1S/C15H15BrN2O2/c16-11-4-3-5-12(10-11)20-9-8-15(19)18-14-7-2-1-6-13(14)17/h1-7,10H,8-9,17H2,(H,18,19). The van der Waals surface area contributed by atoms with Gasteiger partial charge < -0.3 is 15.8 Å². The van der Waals surface area contributed by atoms with Crippen molar-refractivity contribution < 1.29 is 9.53 Å². The Hall–Kier alpha value is -2.01. The maximum Gasteiger partial charge on any atom is 0.227 e. The first-order valence-corrected chi connectivity index (χ1v) is 6.97. The third-order valence-corrected chi connectivity index (χ3v) is 3.12. The van der Waals surface area contributed by atoms with E-state index in [1.54, 1.807) is 12.1 Å². The average Bonchev–Trinajstić information content (AvgIpc) is 2.41. The summed E-state index contributed by atoms with van der Waals surface area (Å²) in [6, 6.07) is 14.6. The lowest BCUT2D eigenvalue weighted by Crippen LogP contribution is -2.16. The van der Waals surface area contributed by atoms with Gasteiger partial charge >= 0.3 is 0 Å². The molecule has 0 heterocycles. The number of nitrogens with two attached hydrogens (primary N) is 1. The number of ether oxygens (including phenoxy) is 1. The largest absolute Gasteiger partial charge is 0.493 e. The van der Waals surface area contributed by atoms with Crippen molar-refractivity contribution in [3.63, 3.8) is 0 Å². The number of halogens is 1. The molecule has 0 aliphatic carbocycles. The van der Waals surface area contributed by atoms with E-state index in [1.165, 1.54) is 0 Å². The summed E-state index contributed by atoms with van der Waals surface area (Å²) in [5.74, 6) is 0.601. The summed E-state index contributed by atoms with van der Waals surface area (Å²) in [6.45, 7) is 0.315. The van der Waals surface area contributed by atoms with E-state index >= 15 is 0 Å². The van der Waals surface area contributed by atoms with E-state index in [1.807, 2.05) is 36.4 Å². The summed E-state index contributed by atoms with van der Waals surface area (Å²) < 4.78 is 6.44. The molecular weight excluding hydrogens is 320 g/mol. The molecule has 0 fully saturated rings. The Labute approximate surface area is 126 Å². The molecule has 0 aromatic heterocycles. The van der Waals surface area contributed by atoms with Crippen molar-refractivity contribution in [1.82, 2.24) is 0 Å². The number of hydrogen-bond acceptors (Lipinski definition) is 3. The van der Waals surface area contributed by atoms with Crippen LogP contribution in [0.25, 0.3) is 0 Å². The number of anilines is 2. The number of rotatable bonds is 5. The predicted molar refractivity (Wildman–Crippen MR) is 83.7 cm³/mol. The van der Waals surface area contributed by atoms with Gasteiger partial charge in [0.15, 0.2) is 0 Å². The molecule has 0 aliphatic rings. The first-order chi connectivity index (χ1) is 9.65. The predicted octanol–water partition coefficient (Wildman–Crippen LogP) is 3.44. The van der Waals surface area contributed by atoms with Crippen molar-refractivity contribution in [2.24, 2.45) is 0 Å². The summed E-state index contributed by atoms with van der Waals surface area (Å²) in [5, 5.41) is 2.75. The van der Waals surface area contributed by atoms with Gasteiger partial charge in [0.1, 0.15) is 5.75 Å². The van der Waals surface area contributed by atoms with Crippen LogP contribution in [0.5, 0.6) is 5.75 Å². The molecule has 0 saturated heterocycles. The van der Waals surface area contributed by atoms with Crippen LogP contribution in [0.2, 0.25) is 0 Å². The Kier molecular flexibility index (Phi) is 5.01. The number of hydrogen-bond donors (Lipinski definition) is 2. The second-order valence-electron chi connectivity index (χ2n) is 4.19. The zero-order chi connectivity index (χ0) is 14.4. The number of nitrogen functional groups attached to an aromatic ring is 1. The monoisotopic (exact) mass is 334 g/mol. The third-order valence-electron chi connectivity index (χ3n) is 2.63. The highest BCUT2D eigenvalue weighted by Gasteiger charge is 2.05. The smallest absolute Gasteiger partial charge is 0.227 e. The Morgan fingerprint density at radius 3 is 2.75 bits per heavy atom. The number of para-hydroxylation sites is 2. The topological polar surface area (TPSA) is 64.3 Å². The van der Waals surface area contributed by atoms with E-state index in [2.05, 4.69) is 21.2 Å². The van der Waals surface area contributed by atoms with Crippen LogP contribution in [0, 0.1) is 0 Å². The molecule has 0 unspecified atom stereocenters. The van der Waals surface area contributed by atoms with E-state index < -0.39 is 0 Å². The first kappa shape index (κ1) is 14.4. The fraction of sp³-hybridized carbons (Fsp3) is 0.133. The molecule has 0 spiro atoms. The van der Waals surface area contributed by atoms with Gasteiger partial charge in [-0.2, -0.15) is 0 Å². The number of carbonyl (C=O) groups is 1. The molecule has 5 heteroatoms. The van der Waals surface area contributed by atoms with E-state index in [0.717, 1.165) is 10.2 Å². The van der Waals surface area contributed by atoms with E-state index in [-0.39, 0.29) is 12.3 Å². The lowest BCUT2D eigenvalue weighted by atomic mass is 10.2. The van der Waals surface area contributed by atoms with Crippen LogP contribution in [0.3, 0.4) is 0 Å². The second-order valence-corrected chi connectivity index (χ2v) is 5.11. The molecule has 0 bridgehead atoms. The van der Waals surface area contributed by atoms with Crippen molar-refractivity contribution in [2.45, 2.75) is 6.42 Å². The molecule has 2 aromatic carbocycles. The fourth-order valence-corrected chi connectivity index (χ4v) is 2.02. The van der Waals surface area contributed by atoms with Crippen LogP contribution < -0.4 is 15.8 Å². The Morgan fingerprint density at radius 2 is 2.00 bits per heavy atom. The highest BCUT2D eigenvalue weighted by molar-refractivity contribution is 9.10. The lowest BCUT2D eigenvalue weighted by Gasteiger charge is -2.09. The highest BCUT2D eigenvalue weighted by atomic mass is 79.9. The van der Waals surface area contributed by atoms with Crippen LogP contribution in [0.1, 0.15) is 6.42 Å². The van der Waals surface area contributed by atoms with Crippen LogP contribution >= 0.6 is 15.9 Å². The number of amides is 1. The molecule has 0 radical (unpaired) electrons. The zero-order valence-corrected chi connectivity index (χ0v) is 12.4. The van der Waals surface area contributed by atoms with Crippen molar-refractivity contribution in [3.8, 4) is 5.75 Å². The highest BCUT2D eigenvalue weighted by Crippen LogP contribution is 2.18. The SMILES string of the molecule is Nc1ccccc1NC(=O)CCOc1cccc(Br)c1. The van der Waals surface area contributed by atoms with Crippen molar-refractivity contribution in [1.29, 1.82) is 0 Å². The van der Waals surface area contributed by atoms with Gasteiger partial charge in [0.25, 0.3) is 0 Å². The van der Waals surface area contributed by atoms with Gasteiger partial charge in [-0.1, -0.05) is 34.1 Å². The van der Waals surface area contributed by atoms with E-state index in [9.17, 15) is 4.79 Å². The average molecular weight is 335 g/mol. The normalized spacial score (nSPS) is 10.1. The van der Waals surface area contributed by atoms with Crippen molar-refractivity contribution in [3.05, 3.63) is 53.0 Å². The van der Waals surface area contributed by atoms with Crippen molar-refractivity contribution >= 4 is 33.2 Å². The van der Waals surface area contributed by atoms with Crippen LogP contribution in [0.15, 0.2) is 53.0 Å². The molecule has 0 saturated carbocycles. The van der Waals surface area contributed by atoms with Gasteiger partial charge in [-0.05, 0) is 30.3 Å². The zero-order valence-electron chi connectivity index (χ0n) is 10.8. The molecule has 104 valence electrons. The van der Waals surface area contributed by atoms with Gasteiger partial charge in [0, 0.05) is 4.47 Å². The van der Waals surface area contributed by atoms with Gasteiger partial charge in [-0.3, -0.25) is 4.79 Å². The summed E-state index contributed by atoms with van der Waals surface area (Å²) in [7, 11) is 0. The number of carbonyl (C=O) groups excluding carboxylic acids is 1. The summed E-state index contributed by atoms with van der Waals surface area (Å²) >= 11 is 3.36. The van der Waals surface area contributed by atoms with Gasteiger partial charge in [-0.15, -0.1) is 0 Å². The molecule has 0 atom stereocenters. The van der Waals surface area contributed by atoms with Crippen molar-refractivity contribution in [2.75, 3.05) is 17.7 Å². The molecule has 0 aliphatic heterocycles. The van der Waals surface area contributed by atoms with Crippen LogP contribution in [0.4, 0.5) is 11.4 Å². The maximum atomic E-state index is 11.8. The first-order valence-electron chi connectivity index (χ1n) is 6.18. The van der Waals surface area contributed by atoms with Gasteiger partial charge in [0.05, 0.1) is 24.4 Å². The number of nitrogens with one attached hydrogen (secondary N) is 1. The number of benzene rings is 2. The van der Waals surface area contributed by atoms with E-state index in [4.69, 9.17) is 10.5 Å². The summed E-state index contributed by atoms with van der Waals surface area (Å²) in [5.41, 5.74) is 6.93. The fourth-order valence-electron chi connectivity index (χ4n) is 1.64. The lowest BCUT2D eigenvalue weighted by molar-refractivity contribution is -0.116. The van der Waals surface area contributed by atoms with Gasteiger partial charge in [-0.25, -0.2) is 0 Å². The van der Waals surface area contributed by atoms with E-state index in [0.29, 0.717) is 18.0 Å². The Bertz CT molecular complexity index is 602. The van der Waals surface area contributed by atoms with Crippen LogP contribution in [-0.2, 0) is 4.79 Å². The minimum absolute atomic E-state index is 0.127. The summed E-state index contributed by atoms with van der Waals surface area (Å²) in [6.07, 6.45) is 0.265. The molecule has 1 amide bonds. The molecular formula is C15H15BrN2O2. The molecule has 2 aromatic rings. The Balaban J connectivity index is 1.80. The minimum atomic E-state index is -0.127. The van der Waals surface area contributed by atoms with Crippen LogP contribution in [-0.4, -0.2) is 12.5 Å². The maximum absolute atomic E-state index is 11.8. The van der Waals surface area contributed by atoms with Gasteiger partial charge in [0.2, 0.25) is 5.91 Å². The molecule has 2 rings (SSSR count).